The number of phenolic OH excluding ortho intramolecular Hbond substituents is 1. The lowest BCUT2D eigenvalue weighted by atomic mass is 10.1. The zero-order valence-corrected chi connectivity index (χ0v) is 10.0. The van der Waals surface area contributed by atoms with Gasteiger partial charge in [0.2, 0.25) is 5.78 Å². The zero-order chi connectivity index (χ0) is 13.1. The molecule has 2 aromatic rings. The maximum Gasteiger partial charge on any atom is 0.216 e. The lowest BCUT2D eigenvalue weighted by Gasteiger charge is -2.03. The van der Waals surface area contributed by atoms with E-state index in [0.717, 1.165) is 0 Å². The van der Waals surface area contributed by atoms with E-state index in [2.05, 4.69) is 9.97 Å². The molecule has 0 saturated heterocycles. The first kappa shape index (κ1) is 12.1. The summed E-state index contributed by atoms with van der Waals surface area (Å²) in [7, 11) is 0. The minimum absolute atomic E-state index is 0.0947. The Hall–Kier alpha value is -2.34. The zero-order valence-electron chi connectivity index (χ0n) is 9.20. The number of rotatable bonds is 3. The Balaban J connectivity index is 2.35. The molecule has 0 amide bonds. The molecule has 90 valence electrons. The van der Waals surface area contributed by atoms with Crippen LogP contribution in [-0.4, -0.2) is 25.8 Å². The number of aromatic nitrogens is 2. The molecule has 0 radical (unpaired) electrons. The van der Waals surface area contributed by atoms with Gasteiger partial charge in [0.05, 0.1) is 18.0 Å². The van der Waals surface area contributed by atoms with Gasteiger partial charge in [-0.25, -0.2) is 9.97 Å². The average molecular weight is 259 g/mol. The number of hydrogen-bond donors (Lipinski definition) is 2. The van der Waals surface area contributed by atoms with Crippen molar-refractivity contribution in [1.29, 1.82) is 0 Å². The van der Waals surface area contributed by atoms with Gasteiger partial charge in [-0.1, -0.05) is 24.4 Å². The monoisotopic (exact) mass is 259 g/mol. The van der Waals surface area contributed by atoms with Gasteiger partial charge in [-0.2, -0.15) is 0 Å². The third-order valence-corrected chi connectivity index (χ3v) is 2.49. The van der Waals surface area contributed by atoms with Crippen LogP contribution in [0.1, 0.15) is 21.7 Å². The molecule has 5 nitrogen and oxygen atoms in total. The Bertz CT molecular complexity index is 611. The van der Waals surface area contributed by atoms with E-state index in [4.69, 9.17) is 18.0 Å². The minimum atomic E-state index is -0.407. The van der Waals surface area contributed by atoms with Gasteiger partial charge in [0.15, 0.2) is 0 Å². The molecule has 0 aliphatic heterocycles. The van der Waals surface area contributed by atoms with Gasteiger partial charge in [-0.05, 0) is 12.1 Å². The largest absolute Gasteiger partial charge is 0.507 e. The van der Waals surface area contributed by atoms with Gasteiger partial charge in [0, 0.05) is 0 Å². The molecule has 18 heavy (non-hydrogen) atoms. The number of aromatic hydroxyl groups is 1. The number of benzene rings is 1. The van der Waals surface area contributed by atoms with Crippen molar-refractivity contribution in [3.8, 4) is 5.75 Å². The fraction of sp³-hybridized carbons (Fsp3) is 0. The maximum atomic E-state index is 12.0. The number of nitrogens with two attached hydrogens (primary N) is 1. The lowest BCUT2D eigenvalue weighted by molar-refractivity contribution is 0.103. The lowest BCUT2D eigenvalue weighted by Crippen LogP contribution is -2.13. The molecule has 0 fully saturated rings. The Morgan fingerprint density at radius 2 is 1.78 bits per heavy atom. The smallest absolute Gasteiger partial charge is 0.216 e. The molecule has 1 aromatic carbocycles. The van der Waals surface area contributed by atoms with E-state index in [9.17, 15) is 9.90 Å². The number of carbonyl (C=O) groups excluding carboxylic acids is 1. The quantitative estimate of drug-likeness (QED) is 0.632. The minimum Gasteiger partial charge on any atom is -0.507 e. The van der Waals surface area contributed by atoms with Crippen molar-refractivity contribution in [2.45, 2.75) is 0 Å². The highest BCUT2D eigenvalue weighted by Gasteiger charge is 2.14. The molecule has 1 aromatic heterocycles. The third-order valence-electron chi connectivity index (χ3n) is 2.29. The summed E-state index contributed by atoms with van der Waals surface area (Å²) in [6.07, 6.45) is 2.61. The number of carbonyl (C=O) groups is 1. The number of nitrogens with zero attached hydrogens (tertiary/aromatic N) is 2. The normalized spacial score (nSPS) is 10.0. The summed E-state index contributed by atoms with van der Waals surface area (Å²) in [6.45, 7) is 0. The third kappa shape index (κ3) is 2.33. The number of ketones is 1. The first-order valence-electron chi connectivity index (χ1n) is 5.04. The van der Waals surface area contributed by atoms with Gasteiger partial charge >= 0.3 is 0 Å². The van der Waals surface area contributed by atoms with Crippen LogP contribution in [0.4, 0.5) is 0 Å². The Labute approximate surface area is 108 Å². The first-order valence-corrected chi connectivity index (χ1v) is 5.45. The van der Waals surface area contributed by atoms with E-state index in [-0.39, 0.29) is 22.0 Å². The molecular formula is C12H9N3O2S. The van der Waals surface area contributed by atoms with Gasteiger partial charge in [0.1, 0.15) is 22.1 Å². The second-order valence-electron chi connectivity index (χ2n) is 3.50. The molecule has 0 bridgehead atoms. The number of hydrogen-bond acceptors (Lipinski definition) is 5. The fourth-order valence-corrected chi connectivity index (χ4v) is 1.48. The summed E-state index contributed by atoms with van der Waals surface area (Å²) in [4.78, 5) is 20.0. The highest BCUT2D eigenvalue weighted by molar-refractivity contribution is 7.80. The van der Waals surface area contributed by atoms with Crippen LogP contribution in [0.15, 0.2) is 36.7 Å². The average Bonchev–Trinajstić information content (AvgIpc) is 2.38. The van der Waals surface area contributed by atoms with Crippen molar-refractivity contribution in [1.82, 2.24) is 9.97 Å². The maximum absolute atomic E-state index is 12.0. The molecule has 0 aliphatic rings. The van der Waals surface area contributed by atoms with Crippen molar-refractivity contribution < 1.29 is 9.90 Å². The summed E-state index contributed by atoms with van der Waals surface area (Å²) < 4.78 is 0. The topological polar surface area (TPSA) is 89.1 Å². The number of phenols is 1. The van der Waals surface area contributed by atoms with Gasteiger partial charge in [-0.3, -0.25) is 4.79 Å². The van der Waals surface area contributed by atoms with E-state index in [0.29, 0.717) is 5.69 Å². The van der Waals surface area contributed by atoms with Crippen molar-refractivity contribution >= 4 is 23.0 Å². The van der Waals surface area contributed by atoms with Crippen LogP contribution in [0.25, 0.3) is 0 Å². The van der Waals surface area contributed by atoms with Crippen molar-refractivity contribution in [2.75, 3.05) is 0 Å². The van der Waals surface area contributed by atoms with E-state index in [1.165, 1.54) is 24.5 Å². The highest BCUT2D eigenvalue weighted by Crippen LogP contribution is 2.18. The van der Waals surface area contributed by atoms with Crippen LogP contribution in [0, 0.1) is 0 Å². The summed E-state index contributed by atoms with van der Waals surface area (Å²) in [6, 6.07) is 6.24. The van der Waals surface area contributed by atoms with Gasteiger partial charge < -0.3 is 10.8 Å². The standard InChI is InChI=1S/C12H9N3O2S/c13-12(18)9-6-14-8(5-15-9)11(17)7-3-1-2-4-10(7)16/h1-6,16H,(H2,13,18). The Kier molecular flexibility index (Phi) is 3.29. The molecule has 3 N–H and O–H groups in total. The summed E-state index contributed by atoms with van der Waals surface area (Å²) in [5.41, 5.74) is 6.02. The Morgan fingerprint density at radius 3 is 2.33 bits per heavy atom. The van der Waals surface area contributed by atoms with Crippen LogP contribution < -0.4 is 5.73 Å². The summed E-state index contributed by atoms with van der Waals surface area (Å²) in [5, 5.41) is 9.58. The second kappa shape index (κ2) is 4.89. The van der Waals surface area contributed by atoms with Crippen LogP contribution in [0.2, 0.25) is 0 Å². The summed E-state index contributed by atoms with van der Waals surface area (Å²) in [5.74, 6) is -0.502. The SMILES string of the molecule is NC(=S)c1cnc(C(=O)c2ccccc2O)cn1. The predicted octanol–water partition coefficient (Wildman–Crippen LogP) is 1.05. The molecular weight excluding hydrogens is 250 g/mol. The molecule has 0 aliphatic carbocycles. The molecule has 0 unspecified atom stereocenters. The Morgan fingerprint density at radius 1 is 1.17 bits per heavy atom. The van der Waals surface area contributed by atoms with E-state index >= 15 is 0 Å². The van der Waals surface area contributed by atoms with Crippen molar-refractivity contribution in [2.24, 2.45) is 5.73 Å². The van der Waals surface area contributed by atoms with Gasteiger partial charge in [0.25, 0.3) is 0 Å². The van der Waals surface area contributed by atoms with Crippen LogP contribution in [0.3, 0.4) is 0 Å². The highest BCUT2D eigenvalue weighted by atomic mass is 32.1. The van der Waals surface area contributed by atoms with Crippen LogP contribution >= 0.6 is 12.2 Å². The van der Waals surface area contributed by atoms with E-state index < -0.39 is 5.78 Å². The van der Waals surface area contributed by atoms with Gasteiger partial charge in [-0.15, -0.1) is 0 Å². The molecule has 2 rings (SSSR count). The molecule has 0 spiro atoms. The van der Waals surface area contributed by atoms with Crippen LogP contribution in [-0.2, 0) is 0 Å². The molecule has 0 atom stereocenters. The number of thiocarbonyl (C=S) groups is 1. The predicted molar refractivity (Wildman–Crippen MR) is 69.5 cm³/mol. The first-order chi connectivity index (χ1) is 8.59. The van der Waals surface area contributed by atoms with Crippen LogP contribution in [0.5, 0.6) is 5.75 Å². The molecule has 1 heterocycles. The fourth-order valence-electron chi connectivity index (χ4n) is 1.38. The molecule has 0 saturated carbocycles. The van der Waals surface area contributed by atoms with Crippen molar-refractivity contribution in [3.63, 3.8) is 0 Å². The summed E-state index contributed by atoms with van der Waals surface area (Å²) >= 11 is 4.74. The molecule has 6 heteroatoms. The van der Waals surface area contributed by atoms with E-state index in [1.54, 1.807) is 12.1 Å². The van der Waals surface area contributed by atoms with Crippen molar-refractivity contribution in [3.05, 3.63) is 53.6 Å². The van der Waals surface area contributed by atoms with E-state index in [1.807, 2.05) is 0 Å². The second-order valence-corrected chi connectivity index (χ2v) is 3.94. The number of para-hydroxylation sites is 1.